The van der Waals surface area contributed by atoms with Gasteiger partial charge in [0, 0.05) is 12.8 Å². The maximum absolute atomic E-state index is 12.5. The number of carbonyl (C=O) groups is 2. The second kappa shape index (κ2) is 63.9. The topological polar surface area (TPSA) is 95.9 Å². The van der Waals surface area contributed by atoms with E-state index in [9.17, 15) is 19.8 Å². The Bertz CT molecular complexity index is 1150. The first-order valence-electron chi connectivity index (χ1n) is 33.6. The van der Waals surface area contributed by atoms with Gasteiger partial charge in [0.1, 0.15) is 0 Å². The molecule has 0 aromatic carbocycles. The van der Waals surface area contributed by atoms with Crippen LogP contribution in [0.15, 0.2) is 24.3 Å². The number of rotatable bonds is 63. The number of ether oxygens (including phenoxy) is 1. The molecular weight excluding hydrogens is 911 g/mol. The van der Waals surface area contributed by atoms with Gasteiger partial charge in [0.15, 0.2) is 0 Å². The molecule has 1 amide bonds. The molecule has 0 heterocycles. The zero-order chi connectivity index (χ0) is 53.6. The molecule has 0 aliphatic rings. The summed E-state index contributed by atoms with van der Waals surface area (Å²) in [6.07, 6.45) is 79.1. The summed E-state index contributed by atoms with van der Waals surface area (Å²) >= 11 is 0. The first kappa shape index (κ1) is 72.3. The van der Waals surface area contributed by atoms with E-state index in [0.29, 0.717) is 25.9 Å². The molecule has 2 atom stereocenters. The highest BCUT2D eigenvalue weighted by atomic mass is 16.5. The van der Waals surface area contributed by atoms with E-state index >= 15 is 0 Å². The molecule has 438 valence electrons. The number of aliphatic hydroxyl groups excluding tert-OH is 2. The van der Waals surface area contributed by atoms with Crippen molar-refractivity contribution in [1.82, 2.24) is 5.32 Å². The van der Waals surface area contributed by atoms with Crippen molar-refractivity contribution in [3.63, 3.8) is 0 Å². The van der Waals surface area contributed by atoms with Gasteiger partial charge in [0.05, 0.1) is 25.4 Å². The summed E-state index contributed by atoms with van der Waals surface area (Å²) in [7, 11) is 0. The van der Waals surface area contributed by atoms with Crippen molar-refractivity contribution >= 4 is 11.9 Å². The maximum atomic E-state index is 12.5. The molecule has 6 nitrogen and oxygen atoms in total. The summed E-state index contributed by atoms with van der Waals surface area (Å²) in [5.41, 5.74) is 0. The molecule has 0 bridgehead atoms. The van der Waals surface area contributed by atoms with Crippen LogP contribution in [0, 0.1) is 0 Å². The number of aliphatic hydroxyl groups is 2. The Labute approximate surface area is 462 Å². The van der Waals surface area contributed by atoms with Crippen molar-refractivity contribution in [3.8, 4) is 0 Å². The fraction of sp³-hybridized carbons (Fsp3) is 0.912. The van der Waals surface area contributed by atoms with Crippen LogP contribution < -0.4 is 5.32 Å². The Balaban J connectivity index is 3.41. The summed E-state index contributed by atoms with van der Waals surface area (Å²) in [5.74, 6) is -0.0371. The standard InChI is InChI=1S/C68H131NO5/c1-3-5-7-9-11-13-15-17-19-21-23-24-25-27-28-32-36-40-44-48-52-56-60-66(71)65(64-70)69-67(72)61-57-53-49-45-41-37-33-30-31-35-39-43-47-51-55-59-63-74-68(73)62-58-54-50-46-42-38-34-29-26-22-20-18-16-14-12-10-8-6-4-2/h12,14,18,20,65-66,70-71H,3-11,13,15-17,19,21-64H2,1-2H3,(H,69,72)/b14-12-,20-18-. The molecule has 0 fully saturated rings. The van der Waals surface area contributed by atoms with Crippen molar-refractivity contribution < 1.29 is 24.5 Å². The Morgan fingerprint density at radius 1 is 0.378 bits per heavy atom. The fourth-order valence-electron chi connectivity index (χ4n) is 10.6. The average molecular weight is 1040 g/mol. The molecule has 0 aliphatic heterocycles. The monoisotopic (exact) mass is 1040 g/mol. The van der Waals surface area contributed by atoms with E-state index in [1.165, 1.54) is 289 Å². The molecule has 0 radical (unpaired) electrons. The van der Waals surface area contributed by atoms with Gasteiger partial charge in [-0.3, -0.25) is 9.59 Å². The second-order valence-electron chi connectivity index (χ2n) is 23.2. The predicted octanol–water partition coefficient (Wildman–Crippen LogP) is 21.4. The third-order valence-corrected chi connectivity index (χ3v) is 15.8. The van der Waals surface area contributed by atoms with Crippen LogP contribution in [0.5, 0.6) is 0 Å². The highest BCUT2D eigenvalue weighted by Gasteiger charge is 2.20. The number of amides is 1. The van der Waals surface area contributed by atoms with Gasteiger partial charge in [0.25, 0.3) is 0 Å². The highest BCUT2D eigenvalue weighted by molar-refractivity contribution is 5.76. The van der Waals surface area contributed by atoms with Gasteiger partial charge in [-0.25, -0.2) is 0 Å². The van der Waals surface area contributed by atoms with E-state index in [2.05, 4.69) is 43.5 Å². The van der Waals surface area contributed by atoms with Gasteiger partial charge < -0.3 is 20.3 Å². The van der Waals surface area contributed by atoms with Crippen LogP contribution in [0.4, 0.5) is 0 Å². The summed E-state index contributed by atoms with van der Waals surface area (Å²) in [6, 6.07) is -0.548. The highest BCUT2D eigenvalue weighted by Crippen LogP contribution is 2.19. The molecule has 0 aliphatic carbocycles. The molecule has 0 spiro atoms. The van der Waals surface area contributed by atoms with Gasteiger partial charge in [0.2, 0.25) is 5.91 Å². The first-order valence-corrected chi connectivity index (χ1v) is 33.6. The summed E-state index contributed by atoms with van der Waals surface area (Å²) in [5, 5.41) is 23.4. The lowest BCUT2D eigenvalue weighted by Crippen LogP contribution is -2.45. The van der Waals surface area contributed by atoms with E-state index in [4.69, 9.17) is 4.74 Å². The third-order valence-electron chi connectivity index (χ3n) is 15.8. The van der Waals surface area contributed by atoms with Gasteiger partial charge in [-0.15, -0.1) is 0 Å². The normalized spacial score (nSPS) is 12.6. The minimum atomic E-state index is -0.670. The van der Waals surface area contributed by atoms with Crippen LogP contribution in [0.2, 0.25) is 0 Å². The first-order chi connectivity index (χ1) is 36.5. The van der Waals surface area contributed by atoms with E-state index in [1.807, 2.05) is 0 Å². The Kier molecular flexibility index (Phi) is 62.4. The Morgan fingerprint density at radius 3 is 1.05 bits per heavy atom. The molecule has 0 rings (SSSR count). The minimum Gasteiger partial charge on any atom is -0.466 e. The summed E-state index contributed by atoms with van der Waals surface area (Å²) in [4.78, 5) is 24.7. The van der Waals surface area contributed by atoms with Crippen LogP contribution in [0.25, 0.3) is 0 Å². The van der Waals surface area contributed by atoms with Crippen molar-refractivity contribution in [2.45, 2.75) is 386 Å². The van der Waals surface area contributed by atoms with Crippen LogP contribution in [0.3, 0.4) is 0 Å². The lowest BCUT2D eigenvalue weighted by Gasteiger charge is -2.22. The average Bonchev–Trinajstić information content (AvgIpc) is 3.40. The SMILES string of the molecule is CCCCC/C=C\C/C=C\CCCCCCCCCCCC(=O)OCCCCCCCCCCCCCCCCCCC(=O)NC(CO)C(O)CCCCCCCCCCCCCCCCCCCCCCCC. The van der Waals surface area contributed by atoms with E-state index in [-0.39, 0.29) is 18.5 Å². The maximum Gasteiger partial charge on any atom is 0.305 e. The van der Waals surface area contributed by atoms with E-state index < -0.39 is 12.1 Å². The molecule has 2 unspecified atom stereocenters. The summed E-state index contributed by atoms with van der Waals surface area (Å²) < 4.78 is 5.50. The number of esters is 1. The molecule has 0 aromatic rings. The van der Waals surface area contributed by atoms with Gasteiger partial charge in [-0.2, -0.15) is 0 Å². The van der Waals surface area contributed by atoms with Crippen LogP contribution >= 0.6 is 0 Å². The largest absolute Gasteiger partial charge is 0.466 e. The molecule has 6 heteroatoms. The summed E-state index contributed by atoms with van der Waals surface area (Å²) in [6.45, 7) is 4.95. The molecule has 3 N–H and O–H groups in total. The number of allylic oxidation sites excluding steroid dienone is 4. The second-order valence-corrected chi connectivity index (χ2v) is 23.2. The number of hydrogen-bond acceptors (Lipinski definition) is 5. The van der Waals surface area contributed by atoms with Crippen molar-refractivity contribution in [1.29, 1.82) is 0 Å². The van der Waals surface area contributed by atoms with Crippen LogP contribution in [0.1, 0.15) is 373 Å². The van der Waals surface area contributed by atoms with Crippen molar-refractivity contribution in [2.24, 2.45) is 0 Å². The molecule has 0 saturated heterocycles. The van der Waals surface area contributed by atoms with Gasteiger partial charge >= 0.3 is 5.97 Å². The molecular formula is C68H131NO5. The lowest BCUT2D eigenvalue weighted by molar-refractivity contribution is -0.143. The van der Waals surface area contributed by atoms with Crippen LogP contribution in [-0.4, -0.2) is 47.4 Å². The van der Waals surface area contributed by atoms with Crippen molar-refractivity contribution in [3.05, 3.63) is 24.3 Å². The minimum absolute atomic E-state index is 0.000590. The molecule has 0 saturated carbocycles. The molecule has 0 aromatic heterocycles. The predicted molar refractivity (Wildman–Crippen MR) is 324 cm³/mol. The number of unbranched alkanes of at least 4 members (excludes halogenated alkanes) is 48. The van der Waals surface area contributed by atoms with Gasteiger partial charge in [-0.1, -0.05) is 327 Å². The lowest BCUT2D eigenvalue weighted by atomic mass is 10.0. The number of carbonyl (C=O) groups excluding carboxylic acids is 2. The number of hydrogen-bond donors (Lipinski definition) is 3. The van der Waals surface area contributed by atoms with Gasteiger partial charge in [-0.05, 0) is 57.8 Å². The fourth-order valence-corrected chi connectivity index (χ4v) is 10.6. The Hall–Kier alpha value is -1.66. The number of nitrogens with one attached hydrogen (secondary N) is 1. The molecule has 74 heavy (non-hydrogen) atoms. The smallest absolute Gasteiger partial charge is 0.305 e. The van der Waals surface area contributed by atoms with E-state index in [1.54, 1.807) is 0 Å². The third kappa shape index (κ3) is 59.6. The Morgan fingerprint density at radius 2 is 0.676 bits per heavy atom. The van der Waals surface area contributed by atoms with Crippen LogP contribution in [-0.2, 0) is 14.3 Å². The zero-order valence-corrected chi connectivity index (χ0v) is 50.1. The quantitative estimate of drug-likeness (QED) is 0.0320. The van der Waals surface area contributed by atoms with Crippen molar-refractivity contribution in [2.75, 3.05) is 13.2 Å². The van der Waals surface area contributed by atoms with E-state index in [0.717, 1.165) is 51.4 Å². The zero-order valence-electron chi connectivity index (χ0n) is 50.1.